The van der Waals surface area contributed by atoms with E-state index in [0.29, 0.717) is 11.4 Å². The van der Waals surface area contributed by atoms with Crippen LogP contribution in [0.1, 0.15) is 0 Å². The minimum atomic E-state index is -3.68. The lowest BCUT2D eigenvalue weighted by Gasteiger charge is -2.06. The van der Waals surface area contributed by atoms with Crippen molar-refractivity contribution in [2.24, 2.45) is 0 Å². The van der Waals surface area contributed by atoms with E-state index in [9.17, 15) is 8.42 Å². The van der Waals surface area contributed by atoms with Crippen LogP contribution in [0, 0.1) is 0 Å². The maximum Gasteiger partial charge on any atom is 0.271 e. The van der Waals surface area contributed by atoms with E-state index in [2.05, 4.69) is 4.72 Å². The second kappa shape index (κ2) is 5.58. The first-order valence-electron chi connectivity index (χ1n) is 5.04. The summed E-state index contributed by atoms with van der Waals surface area (Å²) in [6.07, 6.45) is 0. The molecular weight excluding hydrogens is 329 g/mol. The summed E-state index contributed by atoms with van der Waals surface area (Å²) in [5.41, 5.74) is 0.432. The van der Waals surface area contributed by atoms with Crippen LogP contribution in [0.5, 0.6) is 5.75 Å². The van der Waals surface area contributed by atoms with Crippen molar-refractivity contribution in [2.75, 3.05) is 11.8 Å². The maximum atomic E-state index is 12.1. The number of benzene rings is 1. The van der Waals surface area contributed by atoms with Gasteiger partial charge >= 0.3 is 0 Å². The van der Waals surface area contributed by atoms with Crippen LogP contribution in [0.4, 0.5) is 5.69 Å². The van der Waals surface area contributed by atoms with Crippen molar-refractivity contribution in [1.29, 1.82) is 0 Å². The lowest BCUT2D eigenvalue weighted by atomic mass is 10.3. The van der Waals surface area contributed by atoms with Crippen molar-refractivity contribution in [2.45, 2.75) is 4.21 Å². The van der Waals surface area contributed by atoms with E-state index in [1.165, 1.54) is 13.2 Å². The van der Waals surface area contributed by atoms with E-state index >= 15 is 0 Å². The molecule has 0 unspecified atom stereocenters. The average Bonchev–Trinajstić information content (AvgIpc) is 2.71. The summed E-state index contributed by atoms with van der Waals surface area (Å²) in [7, 11) is -2.14. The molecule has 102 valence electrons. The molecule has 4 nitrogen and oxygen atoms in total. The third kappa shape index (κ3) is 3.33. The number of ether oxygens (including phenoxy) is 1. The first-order valence-corrected chi connectivity index (χ1v) is 8.09. The van der Waals surface area contributed by atoms with Crippen LogP contribution in [-0.4, -0.2) is 15.5 Å². The Bertz CT molecular complexity index is 661. The van der Waals surface area contributed by atoms with Gasteiger partial charge in [-0.15, -0.1) is 11.3 Å². The summed E-state index contributed by atoms with van der Waals surface area (Å²) in [5, 5.41) is 0.224. The Morgan fingerprint density at radius 3 is 2.32 bits per heavy atom. The summed E-state index contributed by atoms with van der Waals surface area (Å²) in [5.74, 6) is 0.644. The molecule has 0 saturated heterocycles. The third-order valence-corrected chi connectivity index (χ3v) is 5.95. The standard InChI is InChI=1S/C11H9Cl2NO3S2/c1-17-8-4-2-7(3-5-8)14-19(15,16)10-6-9(12)11(13)18-10/h2-6,14H,1H3. The number of sulfonamides is 1. The molecule has 0 aliphatic heterocycles. The molecule has 2 rings (SSSR count). The van der Waals surface area contributed by atoms with Crippen molar-refractivity contribution in [1.82, 2.24) is 0 Å². The summed E-state index contributed by atoms with van der Waals surface area (Å²) < 4.78 is 31.9. The number of hydrogen-bond acceptors (Lipinski definition) is 4. The smallest absolute Gasteiger partial charge is 0.271 e. The maximum absolute atomic E-state index is 12.1. The van der Waals surface area contributed by atoms with Gasteiger partial charge in [-0.05, 0) is 30.3 Å². The van der Waals surface area contributed by atoms with E-state index in [1.807, 2.05) is 0 Å². The third-order valence-electron chi connectivity index (χ3n) is 2.23. The molecule has 0 spiro atoms. The Morgan fingerprint density at radius 1 is 1.21 bits per heavy atom. The van der Waals surface area contributed by atoms with Crippen molar-refractivity contribution in [3.63, 3.8) is 0 Å². The van der Waals surface area contributed by atoms with Gasteiger partial charge in [0.25, 0.3) is 10.0 Å². The van der Waals surface area contributed by atoms with Gasteiger partial charge in [0.15, 0.2) is 0 Å². The van der Waals surface area contributed by atoms with Gasteiger partial charge in [-0.25, -0.2) is 8.42 Å². The topological polar surface area (TPSA) is 55.4 Å². The molecule has 0 saturated carbocycles. The minimum Gasteiger partial charge on any atom is -0.497 e. The molecule has 2 aromatic rings. The molecule has 0 aliphatic rings. The summed E-state index contributed by atoms with van der Waals surface area (Å²) in [4.78, 5) is 0. The van der Waals surface area contributed by atoms with Gasteiger partial charge < -0.3 is 4.74 Å². The van der Waals surface area contributed by atoms with Crippen LogP contribution in [-0.2, 0) is 10.0 Å². The van der Waals surface area contributed by atoms with E-state index in [-0.39, 0.29) is 13.6 Å². The predicted octanol–water partition coefficient (Wildman–Crippen LogP) is 3.86. The molecule has 1 heterocycles. The van der Waals surface area contributed by atoms with Gasteiger partial charge in [-0.1, -0.05) is 23.2 Å². The molecular formula is C11H9Cl2NO3S2. The van der Waals surface area contributed by atoms with E-state index in [1.54, 1.807) is 24.3 Å². The second-order valence-electron chi connectivity index (χ2n) is 3.52. The number of anilines is 1. The van der Waals surface area contributed by atoms with Crippen LogP contribution >= 0.6 is 34.5 Å². The first-order chi connectivity index (χ1) is 8.92. The van der Waals surface area contributed by atoms with Crippen molar-refractivity contribution >= 4 is 50.2 Å². The zero-order valence-corrected chi connectivity index (χ0v) is 12.8. The molecule has 0 atom stereocenters. The number of halogens is 2. The van der Waals surface area contributed by atoms with Crippen molar-refractivity contribution in [3.8, 4) is 5.75 Å². The van der Waals surface area contributed by atoms with Crippen LogP contribution in [0.15, 0.2) is 34.5 Å². The Kier molecular flexibility index (Phi) is 4.25. The van der Waals surface area contributed by atoms with Crippen LogP contribution in [0.2, 0.25) is 9.36 Å². The Labute approximate surface area is 125 Å². The molecule has 0 bridgehead atoms. The summed E-state index contributed by atoms with van der Waals surface area (Å²) in [6.45, 7) is 0. The van der Waals surface area contributed by atoms with Crippen LogP contribution in [0.3, 0.4) is 0 Å². The molecule has 1 aromatic carbocycles. The fraction of sp³-hybridized carbons (Fsp3) is 0.0909. The van der Waals surface area contributed by atoms with Gasteiger partial charge in [0.1, 0.15) is 14.3 Å². The number of nitrogens with one attached hydrogen (secondary N) is 1. The molecule has 0 fully saturated rings. The fourth-order valence-electron chi connectivity index (χ4n) is 1.32. The Morgan fingerprint density at radius 2 is 1.84 bits per heavy atom. The second-order valence-corrected chi connectivity index (χ2v) is 7.49. The highest BCUT2D eigenvalue weighted by molar-refractivity contribution is 7.94. The highest BCUT2D eigenvalue weighted by Gasteiger charge is 2.19. The van der Waals surface area contributed by atoms with E-state index in [4.69, 9.17) is 27.9 Å². The molecule has 19 heavy (non-hydrogen) atoms. The lowest BCUT2D eigenvalue weighted by Crippen LogP contribution is -2.11. The van der Waals surface area contributed by atoms with Gasteiger partial charge in [0.05, 0.1) is 12.1 Å². The van der Waals surface area contributed by atoms with Crippen LogP contribution in [0.25, 0.3) is 0 Å². The molecule has 1 aromatic heterocycles. The quantitative estimate of drug-likeness (QED) is 0.921. The zero-order valence-electron chi connectivity index (χ0n) is 9.68. The largest absolute Gasteiger partial charge is 0.497 e. The highest BCUT2D eigenvalue weighted by atomic mass is 35.5. The SMILES string of the molecule is COc1ccc(NS(=O)(=O)c2cc(Cl)c(Cl)s2)cc1. The molecule has 8 heteroatoms. The minimum absolute atomic E-state index is 0.0679. The summed E-state index contributed by atoms with van der Waals surface area (Å²) >= 11 is 12.4. The van der Waals surface area contributed by atoms with Crippen LogP contribution < -0.4 is 9.46 Å². The van der Waals surface area contributed by atoms with Gasteiger partial charge in [-0.3, -0.25) is 4.72 Å². The normalized spacial score (nSPS) is 11.3. The highest BCUT2D eigenvalue weighted by Crippen LogP contribution is 2.35. The van der Waals surface area contributed by atoms with Crippen molar-refractivity contribution < 1.29 is 13.2 Å². The van der Waals surface area contributed by atoms with Gasteiger partial charge in [0, 0.05) is 5.69 Å². The average molecular weight is 338 g/mol. The van der Waals surface area contributed by atoms with Gasteiger partial charge in [-0.2, -0.15) is 0 Å². The molecule has 0 aliphatic carbocycles. The Hall–Kier alpha value is -0.950. The number of methoxy groups -OCH3 is 1. The van der Waals surface area contributed by atoms with E-state index in [0.717, 1.165) is 11.3 Å². The number of hydrogen-bond donors (Lipinski definition) is 1. The monoisotopic (exact) mass is 337 g/mol. The molecule has 0 amide bonds. The van der Waals surface area contributed by atoms with Crippen molar-refractivity contribution in [3.05, 3.63) is 39.7 Å². The molecule has 0 radical (unpaired) electrons. The van der Waals surface area contributed by atoms with Gasteiger partial charge in [0.2, 0.25) is 0 Å². The summed E-state index contributed by atoms with van der Waals surface area (Å²) in [6, 6.07) is 7.85. The molecule has 1 N–H and O–H groups in total. The first kappa shape index (κ1) is 14.5. The zero-order chi connectivity index (χ0) is 14.0. The lowest BCUT2D eigenvalue weighted by molar-refractivity contribution is 0.415. The van der Waals surface area contributed by atoms with E-state index < -0.39 is 10.0 Å². The predicted molar refractivity (Wildman–Crippen MR) is 78.1 cm³/mol. The number of thiophene rings is 1. The fourth-order valence-corrected chi connectivity index (χ4v) is 4.26. The number of rotatable bonds is 4. The Balaban J connectivity index is 2.25.